The molecule has 0 saturated heterocycles. The Labute approximate surface area is 160 Å². The molecule has 0 unspecified atom stereocenters. The quantitative estimate of drug-likeness (QED) is 0.580. The standard InChI is InChI=1S/C21H29NO3S/c1-13-4-5-14(2)19(8-13)26-12-21(24)25-11-20(23)22-15(3)18-10-16-6-7-17(18)9-16/h4-5,8,15-18H,6-7,9-12H2,1-3H3,(H,22,23)/t15-,16+,17+,18+/m0/s1. The molecule has 0 radical (unpaired) electrons. The van der Waals surface area contributed by atoms with Gasteiger partial charge >= 0.3 is 5.97 Å². The molecule has 4 nitrogen and oxygen atoms in total. The van der Waals surface area contributed by atoms with Crippen LogP contribution in [0.25, 0.3) is 0 Å². The zero-order valence-corrected chi connectivity index (χ0v) is 16.7. The first kappa shape index (κ1) is 19.3. The number of carbonyl (C=O) groups excluding carboxylic acids is 2. The Kier molecular flexibility index (Phi) is 6.28. The number of hydrogen-bond acceptors (Lipinski definition) is 4. The Balaban J connectivity index is 1.37. The Hall–Kier alpha value is -1.49. The van der Waals surface area contributed by atoms with Gasteiger partial charge in [0.15, 0.2) is 6.61 Å². The van der Waals surface area contributed by atoms with Crippen molar-refractivity contribution in [2.75, 3.05) is 12.4 Å². The van der Waals surface area contributed by atoms with Crippen molar-refractivity contribution in [3.63, 3.8) is 0 Å². The summed E-state index contributed by atoms with van der Waals surface area (Å²) < 4.78 is 5.15. The second-order valence-corrected chi connectivity index (χ2v) is 8.93. The highest BCUT2D eigenvalue weighted by Gasteiger charge is 2.42. The van der Waals surface area contributed by atoms with Crippen molar-refractivity contribution in [3.8, 4) is 0 Å². The number of esters is 1. The van der Waals surface area contributed by atoms with E-state index in [-0.39, 0.29) is 30.3 Å². The SMILES string of the molecule is Cc1ccc(C)c(SCC(=O)OCC(=O)N[C@@H](C)[C@H]2C[C@@H]3CC[C@@H]2C3)c1. The van der Waals surface area contributed by atoms with E-state index in [0.29, 0.717) is 5.92 Å². The maximum absolute atomic E-state index is 12.1. The van der Waals surface area contributed by atoms with Crippen LogP contribution in [0.3, 0.4) is 0 Å². The van der Waals surface area contributed by atoms with Gasteiger partial charge in [-0.25, -0.2) is 0 Å². The average Bonchev–Trinajstić information content (AvgIpc) is 3.24. The number of fused-ring (bicyclic) bond motifs is 2. The maximum Gasteiger partial charge on any atom is 0.316 e. The molecule has 1 aromatic rings. The van der Waals surface area contributed by atoms with E-state index < -0.39 is 0 Å². The number of rotatable bonds is 7. The average molecular weight is 376 g/mol. The topological polar surface area (TPSA) is 55.4 Å². The van der Waals surface area contributed by atoms with Crippen LogP contribution in [0.15, 0.2) is 23.1 Å². The fourth-order valence-electron chi connectivity index (χ4n) is 4.50. The molecule has 0 aromatic heterocycles. The van der Waals surface area contributed by atoms with Crippen molar-refractivity contribution in [1.29, 1.82) is 0 Å². The van der Waals surface area contributed by atoms with Crippen LogP contribution in [0.1, 0.15) is 43.7 Å². The lowest BCUT2D eigenvalue weighted by atomic mass is 9.84. The third kappa shape index (κ3) is 4.81. The largest absolute Gasteiger partial charge is 0.455 e. The van der Waals surface area contributed by atoms with Crippen LogP contribution in [-0.4, -0.2) is 30.3 Å². The molecule has 2 fully saturated rings. The highest BCUT2D eigenvalue weighted by atomic mass is 32.2. The molecule has 1 N–H and O–H groups in total. The van der Waals surface area contributed by atoms with Crippen molar-refractivity contribution in [2.24, 2.45) is 17.8 Å². The van der Waals surface area contributed by atoms with Crippen LogP contribution < -0.4 is 5.32 Å². The van der Waals surface area contributed by atoms with Crippen LogP contribution in [-0.2, 0) is 14.3 Å². The van der Waals surface area contributed by atoms with Gasteiger partial charge in [-0.1, -0.05) is 24.1 Å². The van der Waals surface area contributed by atoms with Crippen molar-refractivity contribution in [3.05, 3.63) is 29.3 Å². The number of benzene rings is 1. The summed E-state index contributed by atoms with van der Waals surface area (Å²) in [6.45, 7) is 5.96. The van der Waals surface area contributed by atoms with Crippen molar-refractivity contribution in [1.82, 2.24) is 5.32 Å². The predicted octanol–water partition coefficient (Wildman–Crippen LogP) is 3.88. The lowest BCUT2D eigenvalue weighted by Gasteiger charge is -2.28. The molecule has 1 amide bonds. The summed E-state index contributed by atoms with van der Waals surface area (Å²) in [6.07, 6.45) is 5.23. The molecule has 2 aliphatic rings. The molecule has 1 aromatic carbocycles. The number of aryl methyl sites for hydroxylation is 2. The van der Waals surface area contributed by atoms with Gasteiger partial charge in [-0.15, -0.1) is 11.8 Å². The van der Waals surface area contributed by atoms with Crippen LogP contribution in [0.5, 0.6) is 0 Å². The van der Waals surface area contributed by atoms with Gasteiger partial charge in [0.1, 0.15) is 0 Å². The van der Waals surface area contributed by atoms with E-state index >= 15 is 0 Å². The minimum absolute atomic E-state index is 0.167. The van der Waals surface area contributed by atoms with Gasteiger partial charge in [-0.2, -0.15) is 0 Å². The summed E-state index contributed by atoms with van der Waals surface area (Å²) in [5, 5.41) is 3.03. The Morgan fingerprint density at radius 2 is 2.08 bits per heavy atom. The minimum Gasteiger partial charge on any atom is -0.455 e. The normalized spacial score (nSPS) is 25.1. The van der Waals surface area contributed by atoms with E-state index in [9.17, 15) is 9.59 Å². The van der Waals surface area contributed by atoms with Crippen LogP contribution in [0, 0.1) is 31.6 Å². The number of thioether (sulfide) groups is 1. The van der Waals surface area contributed by atoms with E-state index in [0.717, 1.165) is 22.3 Å². The Bertz CT molecular complexity index is 675. The molecule has 2 aliphatic carbocycles. The van der Waals surface area contributed by atoms with Gasteiger partial charge < -0.3 is 10.1 Å². The number of amides is 1. The summed E-state index contributed by atoms with van der Waals surface area (Å²) in [5.41, 5.74) is 2.31. The number of hydrogen-bond donors (Lipinski definition) is 1. The molecule has 3 rings (SSSR count). The summed E-state index contributed by atoms with van der Waals surface area (Å²) in [5.74, 6) is 1.91. The van der Waals surface area contributed by atoms with Gasteiger partial charge in [0.25, 0.3) is 5.91 Å². The highest BCUT2D eigenvalue weighted by Crippen LogP contribution is 2.49. The van der Waals surface area contributed by atoms with Crippen molar-refractivity contribution < 1.29 is 14.3 Å². The lowest BCUT2D eigenvalue weighted by Crippen LogP contribution is -2.42. The van der Waals surface area contributed by atoms with Crippen LogP contribution in [0.2, 0.25) is 0 Å². The highest BCUT2D eigenvalue weighted by molar-refractivity contribution is 8.00. The zero-order valence-electron chi connectivity index (χ0n) is 15.9. The van der Waals surface area contributed by atoms with Crippen LogP contribution in [0.4, 0.5) is 0 Å². The lowest BCUT2D eigenvalue weighted by molar-refractivity contribution is -0.146. The third-order valence-electron chi connectivity index (χ3n) is 5.88. The summed E-state index contributed by atoms with van der Waals surface area (Å²) in [6, 6.07) is 6.34. The molecule has 26 heavy (non-hydrogen) atoms. The Morgan fingerprint density at radius 1 is 1.27 bits per heavy atom. The first-order valence-electron chi connectivity index (χ1n) is 9.57. The summed E-state index contributed by atoms with van der Waals surface area (Å²) >= 11 is 1.46. The maximum atomic E-state index is 12.1. The van der Waals surface area contributed by atoms with Gasteiger partial charge in [0.05, 0.1) is 5.75 Å². The first-order chi connectivity index (χ1) is 12.4. The fourth-order valence-corrected chi connectivity index (χ4v) is 5.42. The van der Waals surface area contributed by atoms with Gasteiger partial charge in [0.2, 0.25) is 0 Å². The first-order valence-corrected chi connectivity index (χ1v) is 10.6. The monoisotopic (exact) mass is 375 g/mol. The number of nitrogens with one attached hydrogen (secondary N) is 1. The van der Waals surface area contributed by atoms with Gasteiger partial charge in [0, 0.05) is 10.9 Å². The molecule has 2 bridgehead atoms. The molecular weight excluding hydrogens is 346 g/mol. The fraction of sp³-hybridized carbons (Fsp3) is 0.619. The molecule has 5 heteroatoms. The van der Waals surface area contributed by atoms with Crippen molar-refractivity contribution in [2.45, 2.75) is 57.4 Å². The molecule has 0 heterocycles. The molecule has 0 spiro atoms. The van der Waals surface area contributed by atoms with Gasteiger partial charge in [-0.3, -0.25) is 9.59 Å². The molecule has 2 saturated carbocycles. The van der Waals surface area contributed by atoms with Crippen LogP contribution >= 0.6 is 11.8 Å². The Morgan fingerprint density at radius 3 is 2.77 bits per heavy atom. The number of carbonyl (C=O) groups is 2. The summed E-state index contributed by atoms with van der Waals surface area (Å²) in [4.78, 5) is 25.1. The molecule has 4 atom stereocenters. The van der Waals surface area contributed by atoms with Crippen molar-refractivity contribution >= 4 is 23.6 Å². The summed E-state index contributed by atoms with van der Waals surface area (Å²) in [7, 11) is 0. The smallest absolute Gasteiger partial charge is 0.316 e. The van der Waals surface area contributed by atoms with E-state index in [2.05, 4.69) is 24.4 Å². The second-order valence-electron chi connectivity index (χ2n) is 7.91. The van der Waals surface area contributed by atoms with E-state index in [1.165, 1.54) is 43.0 Å². The molecule has 0 aliphatic heterocycles. The van der Waals surface area contributed by atoms with E-state index in [1.54, 1.807) is 0 Å². The van der Waals surface area contributed by atoms with E-state index in [4.69, 9.17) is 4.74 Å². The number of ether oxygens (including phenoxy) is 1. The predicted molar refractivity (Wildman–Crippen MR) is 104 cm³/mol. The molecular formula is C21H29NO3S. The minimum atomic E-state index is -0.348. The van der Waals surface area contributed by atoms with Gasteiger partial charge in [-0.05, 0) is 69.4 Å². The zero-order chi connectivity index (χ0) is 18.7. The third-order valence-corrected chi connectivity index (χ3v) is 7.01. The van der Waals surface area contributed by atoms with E-state index in [1.807, 2.05) is 19.9 Å². The molecule has 142 valence electrons. The second kappa shape index (κ2) is 8.47.